The first kappa shape index (κ1) is 29.0. The van der Waals surface area contributed by atoms with Crippen LogP contribution in [0.25, 0.3) is 21.9 Å². The van der Waals surface area contributed by atoms with Gasteiger partial charge in [-0.25, -0.2) is 8.93 Å². The van der Waals surface area contributed by atoms with Gasteiger partial charge >= 0.3 is 5.97 Å². The lowest BCUT2D eigenvalue weighted by molar-refractivity contribution is -0.143. The highest BCUT2D eigenvalue weighted by Crippen LogP contribution is 2.55. The summed E-state index contributed by atoms with van der Waals surface area (Å²) in [5, 5.41) is 5.95. The smallest absolute Gasteiger partial charge is 0.307 e. The molecule has 5 aromatic carbocycles. The Morgan fingerprint density at radius 2 is 1.26 bits per heavy atom. The summed E-state index contributed by atoms with van der Waals surface area (Å²) in [6.07, 6.45) is 1.74. The van der Waals surface area contributed by atoms with Crippen LogP contribution >= 0.6 is 7.26 Å². The third-order valence-corrected chi connectivity index (χ3v) is 13.3. The molecule has 5 nitrogen and oxygen atoms in total. The van der Waals surface area contributed by atoms with E-state index in [1.165, 1.54) is 15.9 Å². The Morgan fingerprint density at radius 3 is 1.88 bits per heavy atom. The van der Waals surface area contributed by atoms with E-state index in [1.54, 1.807) is 6.07 Å². The number of rotatable bonds is 12. The van der Waals surface area contributed by atoms with E-state index in [0.29, 0.717) is 17.1 Å². The molecule has 1 aromatic heterocycles. The molecule has 0 aliphatic carbocycles. The molecule has 0 saturated heterocycles. The van der Waals surface area contributed by atoms with Crippen molar-refractivity contribution in [3.8, 4) is 0 Å². The Labute approximate surface area is 254 Å². The van der Waals surface area contributed by atoms with Gasteiger partial charge in [-0.1, -0.05) is 72.8 Å². The molecule has 0 aliphatic rings. The topological polar surface area (TPSA) is 68.5 Å². The molecule has 43 heavy (non-hydrogen) atoms. The fourth-order valence-corrected chi connectivity index (χ4v) is 10.8. The highest BCUT2D eigenvalue weighted by molar-refractivity contribution is 7.95. The third-order valence-electron chi connectivity index (χ3n) is 7.62. The summed E-state index contributed by atoms with van der Waals surface area (Å²) in [6.45, 7) is 0.581. The number of fused-ring (bicyclic) bond motifs is 3. The van der Waals surface area contributed by atoms with E-state index in [1.807, 2.05) is 54.6 Å². The molecule has 1 N–H and O–H groups in total. The molecule has 0 saturated carbocycles. The predicted octanol–water partition coefficient (Wildman–Crippen LogP) is 6.52. The second-order valence-electron chi connectivity index (χ2n) is 10.3. The number of hydrogen-bond acceptors (Lipinski definition) is 4. The van der Waals surface area contributed by atoms with Crippen LogP contribution in [-0.4, -0.2) is 29.5 Å². The van der Waals surface area contributed by atoms with Gasteiger partial charge in [0.2, 0.25) is 0 Å². The van der Waals surface area contributed by atoms with E-state index in [9.17, 15) is 9.00 Å². The number of carbonyl (C=O) groups is 1. The minimum atomic E-state index is -1.96. The standard InChI is InChI=1S/C36H33NO4PS/c38-36(23-24-37-43(39)31-21-22-33-32-19-10-11-20-34(32)41-35(33)27-31)40-25-12-26-42(28-13-4-1-5-14-28,29-15-6-2-7-16-29)30-17-8-3-9-18-30/h1-11,13-22,27,37H,12,23-26H2/q+1. The Balaban J connectivity index is 1.06. The zero-order chi connectivity index (χ0) is 29.5. The molecule has 216 valence electrons. The van der Waals surface area contributed by atoms with Crippen LogP contribution in [-0.2, 0) is 20.5 Å². The van der Waals surface area contributed by atoms with Crippen molar-refractivity contribution < 1.29 is 18.2 Å². The van der Waals surface area contributed by atoms with Crippen molar-refractivity contribution in [2.45, 2.75) is 17.7 Å². The summed E-state index contributed by atoms with van der Waals surface area (Å²) in [4.78, 5) is 13.2. The molecule has 0 aliphatic heterocycles. The Kier molecular flexibility index (Phi) is 9.09. The van der Waals surface area contributed by atoms with Gasteiger partial charge in [0.05, 0.1) is 24.1 Å². The number of furan rings is 1. The van der Waals surface area contributed by atoms with Gasteiger partial charge in [0.15, 0.2) is 0 Å². The van der Waals surface area contributed by atoms with E-state index < -0.39 is 18.2 Å². The monoisotopic (exact) mass is 606 g/mol. The fourth-order valence-electron chi connectivity index (χ4n) is 5.59. The van der Waals surface area contributed by atoms with Crippen LogP contribution in [0.1, 0.15) is 12.8 Å². The number of hydrogen-bond donors (Lipinski definition) is 1. The second-order valence-corrected chi connectivity index (χ2v) is 15.2. The molecule has 0 radical (unpaired) electrons. The number of esters is 1. The lowest BCUT2D eigenvalue weighted by Gasteiger charge is -2.27. The average molecular weight is 607 g/mol. The average Bonchev–Trinajstić information content (AvgIpc) is 3.44. The molecule has 0 spiro atoms. The van der Waals surface area contributed by atoms with Crippen LogP contribution in [0, 0.1) is 0 Å². The molecule has 0 bridgehead atoms. The number of nitrogens with one attached hydrogen (secondary N) is 1. The van der Waals surface area contributed by atoms with Crippen molar-refractivity contribution in [2.24, 2.45) is 0 Å². The van der Waals surface area contributed by atoms with Crippen molar-refractivity contribution in [1.29, 1.82) is 0 Å². The van der Waals surface area contributed by atoms with Crippen molar-refractivity contribution in [3.05, 3.63) is 133 Å². The quantitative estimate of drug-likeness (QED) is 0.0979. The Morgan fingerprint density at radius 1 is 0.698 bits per heavy atom. The van der Waals surface area contributed by atoms with Gasteiger partial charge in [-0.05, 0) is 60.7 Å². The molecule has 1 heterocycles. The van der Waals surface area contributed by atoms with Gasteiger partial charge in [0.25, 0.3) is 0 Å². The minimum absolute atomic E-state index is 0.134. The first-order valence-electron chi connectivity index (χ1n) is 14.4. The second kappa shape index (κ2) is 13.5. The normalized spacial score (nSPS) is 12.4. The SMILES string of the molecule is O=C(CCNS(=O)c1ccc2c(c1)oc1ccccc12)OCCC[P+](c1ccccc1)(c1ccccc1)c1ccccc1. The molecule has 6 aromatic rings. The molecular formula is C36H33NO4PS+. The van der Waals surface area contributed by atoms with Crippen LogP contribution in [0.3, 0.4) is 0 Å². The molecule has 0 fully saturated rings. The zero-order valence-corrected chi connectivity index (χ0v) is 25.4. The van der Waals surface area contributed by atoms with E-state index in [-0.39, 0.29) is 18.9 Å². The summed E-state index contributed by atoms with van der Waals surface area (Å²) >= 11 is 0. The van der Waals surface area contributed by atoms with Gasteiger partial charge in [0, 0.05) is 23.7 Å². The molecule has 6 rings (SSSR count). The van der Waals surface area contributed by atoms with E-state index >= 15 is 0 Å². The molecule has 7 heteroatoms. The van der Waals surface area contributed by atoms with Crippen LogP contribution in [0.4, 0.5) is 0 Å². The summed E-state index contributed by atoms with van der Waals surface area (Å²) < 4.78 is 27.4. The largest absolute Gasteiger partial charge is 0.465 e. The van der Waals surface area contributed by atoms with Gasteiger partial charge in [-0.15, -0.1) is 0 Å². The number of benzene rings is 5. The highest BCUT2D eigenvalue weighted by atomic mass is 32.2. The van der Waals surface area contributed by atoms with Crippen molar-refractivity contribution in [1.82, 2.24) is 4.72 Å². The van der Waals surface area contributed by atoms with E-state index in [4.69, 9.17) is 9.15 Å². The maximum Gasteiger partial charge on any atom is 0.307 e. The van der Waals surface area contributed by atoms with Crippen molar-refractivity contribution >= 4 is 62.1 Å². The number of para-hydroxylation sites is 1. The highest BCUT2D eigenvalue weighted by Gasteiger charge is 2.44. The number of carbonyl (C=O) groups excluding carboxylic acids is 1. The van der Waals surface area contributed by atoms with Crippen LogP contribution < -0.4 is 20.6 Å². The maximum absolute atomic E-state index is 12.9. The minimum Gasteiger partial charge on any atom is -0.465 e. The molecule has 0 amide bonds. The fraction of sp³-hybridized carbons (Fsp3) is 0.139. The molecule has 1 atom stereocenters. The van der Waals surface area contributed by atoms with E-state index in [0.717, 1.165) is 28.9 Å². The Hall–Kier alpha value is -4.09. The first-order valence-corrected chi connectivity index (χ1v) is 17.5. The van der Waals surface area contributed by atoms with Crippen molar-refractivity contribution in [3.63, 3.8) is 0 Å². The van der Waals surface area contributed by atoms with Crippen LogP contribution in [0.15, 0.2) is 143 Å². The first-order chi connectivity index (χ1) is 21.1. The Bertz CT molecular complexity index is 1740. The van der Waals surface area contributed by atoms with Gasteiger partial charge in [0.1, 0.15) is 45.3 Å². The van der Waals surface area contributed by atoms with Crippen LogP contribution in [0.2, 0.25) is 0 Å². The summed E-state index contributed by atoms with van der Waals surface area (Å²) in [6, 6.07) is 45.4. The van der Waals surface area contributed by atoms with Crippen molar-refractivity contribution in [2.75, 3.05) is 19.3 Å². The third kappa shape index (κ3) is 6.33. The number of ether oxygens (including phenoxy) is 1. The molecular weight excluding hydrogens is 573 g/mol. The maximum atomic E-state index is 12.9. The van der Waals surface area contributed by atoms with Gasteiger partial charge in [-0.3, -0.25) is 4.79 Å². The van der Waals surface area contributed by atoms with E-state index in [2.05, 4.69) is 77.5 Å². The lowest BCUT2D eigenvalue weighted by Crippen LogP contribution is -2.33. The van der Waals surface area contributed by atoms with Crippen LogP contribution in [0.5, 0.6) is 0 Å². The lowest BCUT2D eigenvalue weighted by atomic mass is 10.2. The summed E-state index contributed by atoms with van der Waals surface area (Å²) in [5.74, 6) is -0.305. The van der Waals surface area contributed by atoms with Gasteiger partial charge < -0.3 is 9.15 Å². The summed E-state index contributed by atoms with van der Waals surface area (Å²) in [5.41, 5.74) is 1.49. The predicted molar refractivity (Wildman–Crippen MR) is 178 cm³/mol. The molecule has 1 unspecified atom stereocenters. The zero-order valence-electron chi connectivity index (χ0n) is 23.7. The summed E-state index contributed by atoms with van der Waals surface area (Å²) in [7, 11) is -3.43. The van der Waals surface area contributed by atoms with Gasteiger partial charge in [-0.2, -0.15) is 0 Å².